The molecule has 0 spiro atoms. The van der Waals surface area contributed by atoms with Crippen LogP contribution in [0.2, 0.25) is 0 Å². The molecule has 24 heavy (non-hydrogen) atoms. The summed E-state index contributed by atoms with van der Waals surface area (Å²) in [5.74, 6) is 0. The second-order valence-corrected chi connectivity index (χ2v) is 7.70. The van der Waals surface area contributed by atoms with Gasteiger partial charge in [-0.1, -0.05) is 30.3 Å². The Morgan fingerprint density at radius 3 is 2.88 bits per heavy atom. The minimum Gasteiger partial charge on any atom is -0.376 e. The molecule has 1 aliphatic rings. The Labute approximate surface area is 148 Å². The number of rotatable bonds is 3. The van der Waals surface area contributed by atoms with Crippen molar-refractivity contribution in [1.82, 2.24) is 9.55 Å². The molecule has 0 radical (unpaired) electrons. The van der Waals surface area contributed by atoms with Crippen molar-refractivity contribution in [1.29, 1.82) is 0 Å². The number of ether oxygens (including phenoxy) is 1. The van der Waals surface area contributed by atoms with Crippen molar-refractivity contribution in [2.75, 3.05) is 6.61 Å². The molecule has 3 aromatic rings. The minimum atomic E-state index is -0.0209. The number of hydrogen-bond donors (Lipinski definition) is 1. The van der Waals surface area contributed by atoms with Crippen molar-refractivity contribution in [2.45, 2.75) is 32.4 Å². The molecule has 0 aliphatic carbocycles. The quantitative estimate of drug-likeness (QED) is 0.711. The Balaban J connectivity index is 1.93. The zero-order valence-corrected chi connectivity index (χ0v) is 15.0. The van der Waals surface area contributed by atoms with E-state index in [0.717, 1.165) is 45.7 Å². The van der Waals surface area contributed by atoms with E-state index in [0.29, 0.717) is 11.3 Å². The van der Waals surface area contributed by atoms with Gasteiger partial charge < -0.3 is 9.72 Å². The number of H-pyrrole nitrogens is 1. The van der Waals surface area contributed by atoms with Crippen LogP contribution in [0.1, 0.15) is 17.7 Å². The standard InChI is InChI=1S/C18H18N2O2S2/c1-11-14(12-6-3-2-4-7-12)15-16(24-11)19-18(23)20(17(15)21)10-13-8-5-9-22-13/h2-4,6-7,13H,5,8-10H2,1H3,(H,19,23)/t13-/m0/s1. The van der Waals surface area contributed by atoms with Gasteiger partial charge in [-0.15, -0.1) is 11.3 Å². The monoisotopic (exact) mass is 358 g/mol. The molecule has 0 saturated carbocycles. The summed E-state index contributed by atoms with van der Waals surface area (Å²) in [6.07, 6.45) is 2.11. The molecule has 1 atom stereocenters. The highest BCUT2D eigenvalue weighted by molar-refractivity contribution is 7.71. The van der Waals surface area contributed by atoms with Gasteiger partial charge in [0.2, 0.25) is 0 Å². The zero-order valence-electron chi connectivity index (χ0n) is 13.4. The second kappa shape index (κ2) is 6.27. The van der Waals surface area contributed by atoms with E-state index in [4.69, 9.17) is 17.0 Å². The molecular weight excluding hydrogens is 340 g/mol. The topological polar surface area (TPSA) is 47.0 Å². The summed E-state index contributed by atoms with van der Waals surface area (Å²) >= 11 is 7.02. The fourth-order valence-corrected chi connectivity index (χ4v) is 4.73. The predicted molar refractivity (Wildman–Crippen MR) is 100 cm³/mol. The number of hydrogen-bond acceptors (Lipinski definition) is 4. The first-order valence-corrected chi connectivity index (χ1v) is 9.31. The maximum Gasteiger partial charge on any atom is 0.263 e. The maximum atomic E-state index is 13.2. The zero-order chi connectivity index (χ0) is 16.7. The molecule has 124 valence electrons. The SMILES string of the molecule is Cc1sc2[nH]c(=S)n(C[C@@H]3CCCO3)c(=O)c2c1-c1ccccc1. The largest absolute Gasteiger partial charge is 0.376 e. The van der Waals surface area contributed by atoms with Crippen molar-refractivity contribution >= 4 is 33.8 Å². The van der Waals surface area contributed by atoms with E-state index in [-0.39, 0.29) is 11.7 Å². The highest BCUT2D eigenvalue weighted by Gasteiger charge is 2.21. The normalized spacial score (nSPS) is 17.6. The molecule has 0 bridgehead atoms. The number of aromatic amines is 1. The van der Waals surface area contributed by atoms with Gasteiger partial charge in [-0.25, -0.2) is 0 Å². The van der Waals surface area contributed by atoms with Gasteiger partial charge in [0.05, 0.1) is 18.0 Å². The van der Waals surface area contributed by atoms with Gasteiger partial charge >= 0.3 is 0 Å². The van der Waals surface area contributed by atoms with Crippen LogP contribution in [0.15, 0.2) is 35.1 Å². The minimum absolute atomic E-state index is 0.0209. The van der Waals surface area contributed by atoms with Gasteiger partial charge in [0.25, 0.3) is 5.56 Å². The summed E-state index contributed by atoms with van der Waals surface area (Å²) in [6, 6.07) is 10.1. The number of nitrogens with one attached hydrogen (secondary N) is 1. The third-order valence-corrected chi connectivity index (χ3v) is 5.82. The Kier molecular flexibility index (Phi) is 4.12. The molecule has 0 amide bonds. The Bertz CT molecular complexity index is 996. The molecule has 3 heterocycles. The first-order valence-electron chi connectivity index (χ1n) is 8.08. The molecule has 1 aromatic carbocycles. The van der Waals surface area contributed by atoms with E-state index in [1.54, 1.807) is 15.9 Å². The van der Waals surface area contributed by atoms with E-state index >= 15 is 0 Å². The lowest BCUT2D eigenvalue weighted by Crippen LogP contribution is -2.27. The lowest BCUT2D eigenvalue weighted by molar-refractivity contribution is 0.0957. The van der Waals surface area contributed by atoms with E-state index in [2.05, 4.69) is 4.98 Å². The van der Waals surface area contributed by atoms with Crippen molar-refractivity contribution in [3.63, 3.8) is 0 Å². The molecule has 1 N–H and O–H groups in total. The van der Waals surface area contributed by atoms with Crippen LogP contribution in [0.4, 0.5) is 0 Å². The molecule has 0 unspecified atom stereocenters. The van der Waals surface area contributed by atoms with Crippen molar-refractivity contribution < 1.29 is 4.74 Å². The van der Waals surface area contributed by atoms with Crippen LogP contribution >= 0.6 is 23.6 Å². The van der Waals surface area contributed by atoms with Crippen LogP contribution in [-0.4, -0.2) is 22.3 Å². The number of benzene rings is 1. The average molecular weight is 358 g/mol. The maximum absolute atomic E-state index is 13.2. The van der Waals surface area contributed by atoms with E-state index in [1.807, 2.05) is 37.3 Å². The molecule has 1 fully saturated rings. The Morgan fingerprint density at radius 2 is 2.17 bits per heavy atom. The first-order chi connectivity index (χ1) is 11.6. The molecule has 2 aromatic heterocycles. The van der Waals surface area contributed by atoms with Crippen LogP contribution in [0.25, 0.3) is 21.3 Å². The van der Waals surface area contributed by atoms with Gasteiger partial charge in [-0.05, 0) is 37.5 Å². The van der Waals surface area contributed by atoms with Crippen LogP contribution < -0.4 is 5.56 Å². The van der Waals surface area contributed by atoms with Crippen molar-refractivity contribution in [3.8, 4) is 11.1 Å². The van der Waals surface area contributed by atoms with Gasteiger partial charge in [0.15, 0.2) is 4.77 Å². The molecule has 6 heteroatoms. The van der Waals surface area contributed by atoms with Crippen LogP contribution in [-0.2, 0) is 11.3 Å². The highest BCUT2D eigenvalue weighted by atomic mass is 32.1. The summed E-state index contributed by atoms with van der Waals surface area (Å²) < 4.78 is 7.82. The summed E-state index contributed by atoms with van der Waals surface area (Å²) in [5.41, 5.74) is 2.05. The van der Waals surface area contributed by atoms with Gasteiger partial charge in [-0.2, -0.15) is 0 Å². The number of aromatic nitrogens is 2. The molecule has 1 saturated heterocycles. The number of aryl methyl sites for hydroxylation is 1. The molecule has 4 rings (SSSR count). The smallest absolute Gasteiger partial charge is 0.263 e. The van der Waals surface area contributed by atoms with Crippen LogP contribution in [0, 0.1) is 11.7 Å². The Morgan fingerprint density at radius 1 is 1.38 bits per heavy atom. The van der Waals surface area contributed by atoms with Gasteiger partial charge in [0, 0.05) is 17.0 Å². The molecular formula is C18H18N2O2S2. The van der Waals surface area contributed by atoms with E-state index in [1.165, 1.54) is 0 Å². The average Bonchev–Trinajstić information content (AvgIpc) is 3.19. The summed E-state index contributed by atoms with van der Waals surface area (Å²) in [5, 5.41) is 0.732. The molecule has 1 aliphatic heterocycles. The van der Waals surface area contributed by atoms with Crippen molar-refractivity contribution in [2.24, 2.45) is 0 Å². The summed E-state index contributed by atoms with van der Waals surface area (Å²) in [4.78, 5) is 18.4. The Hall–Kier alpha value is -1.76. The highest BCUT2D eigenvalue weighted by Crippen LogP contribution is 2.35. The van der Waals surface area contributed by atoms with Crippen LogP contribution in [0.3, 0.4) is 0 Å². The summed E-state index contributed by atoms with van der Waals surface area (Å²) in [6.45, 7) is 3.34. The van der Waals surface area contributed by atoms with Gasteiger partial charge in [-0.3, -0.25) is 9.36 Å². The third-order valence-electron chi connectivity index (χ3n) is 4.48. The number of thiophene rings is 1. The fourth-order valence-electron chi connectivity index (χ4n) is 3.34. The predicted octanol–water partition coefficient (Wildman–Crippen LogP) is 4.28. The summed E-state index contributed by atoms with van der Waals surface area (Å²) in [7, 11) is 0. The second-order valence-electron chi connectivity index (χ2n) is 6.08. The number of fused-ring (bicyclic) bond motifs is 1. The lowest BCUT2D eigenvalue weighted by atomic mass is 10.0. The fraction of sp³-hybridized carbons (Fsp3) is 0.333. The first kappa shape index (κ1) is 15.7. The lowest BCUT2D eigenvalue weighted by Gasteiger charge is -2.12. The van der Waals surface area contributed by atoms with E-state index < -0.39 is 0 Å². The molecule has 4 nitrogen and oxygen atoms in total. The third kappa shape index (κ3) is 2.64. The number of nitrogens with zero attached hydrogens (tertiary/aromatic N) is 1. The van der Waals surface area contributed by atoms with Gasteiger partial charge in [0.1, 0.15) is 4.83 Å². The van der Waals surface area contributed by atoms with E-state index in [9.17, 15) is 4.79 Å². The van der Waals surface area contributed by atoms with Crippen LogP contribution in [0.5, 0.6) is 0 Å². The van der Waals surface area contributed by atoms with Crippen molar-refractivity contribution in [3.05, 3.63) is 50.3 Å².